The quantitative estimate of drug-likeness (QED) is 0.572. The van der Waals surface area contributed by atoms with Gasteiger partial charge in [0.05, 0.1) is 24.5 Å². The first kappa shape index (κ1) is 24.5. The number of halogens is 1. The summed E-state index contributed by atoms with van der Waals surface area (Å²) >= 11 is 0. The van der Waals surface area contributed by atoms with Crippen molar-refractivity contribution in [3.05, 3.63) is 64.5 Å². The van der Waals surface area contributed by atoms with Crippen molar-refractivity contribution in [2.75, 3.05) is 13.7 Å². The Hall–Kier alpha value is -2.78. The average Bonchev–Trinajstić information content (AvgIpc) is 2.66. The average molecular weight is 451 g/mol. The van der Waals surface area contributed by atoms with Crippen molar-refractivity contribution in [2.24, 2.45) is 0 Å². The Morgan fingerprint density at radius 2 is 1.65 bits per heavy atom. The number of carbonyl (C=O) groups is 2. The summed E-state index contributed by atoms with van der Waals surface area (Å²) in [6, 6.07) is 8.24. The first-order valence-corrected chi connectivity index (χ1v) is 11.2. The van der Waals surface area contributed by atoms with Crippen LogP contribution in [0.2, 0.25) is 0 Å². The van der Waals surface area contributed by atoms with Gasteiger partial charge in [-0.2, -0.15) is 0 Å². The van der Waals surface area contributed by atoms with Crippen LogP contribution in [0.4, 0.5) is 4.39 Å². The van der Waals surface area contributed by atoms with Crippen molar-refractivity contribution in [3.63, 3.8) is 0 Å². The van der Waals surface area contributed by atoms with E-state index in [-0.39, 0.29) is 24.3 Å². The Morgan fingerprint density at radius 3 is 2.19 bits per heavy atom. The lowest BCUT2D eigenvalue weighted by Crippen LogP contribution is -2.34. The van der Waals surface area contributed by atoms with Crippen LogP contribution < -0.4 is 10.0 Å². The van der Waals surface area contributed by atoms with E-state index in [1.807, 2.05) is 6.92 Å². The molecule has 31 heavy (non-hydrogen) atoms. The van der Waals surface area contributed by atoms with Crippen molar-refractivity contribution in [1.82, 2.24) is 10.0 Å². The second-order valence-corrected chi connectivity index (χ2v) is 9.03. The van der Waals surface area contributed by atoms with Gasteiger partial charge in [0.15, 0.2) is 0 Å². The van der Waals surface area contributed by atoms with Crippen molar-refractivity contribution < 1.29 is 27.1 Å². The molecule has 0 radical (unpaired) electrons. The van der Waals surface area contributed by atoms with E-state index in [4.69, 9.17) is 0 Å². The number of carbonyl (C=O) groups excluding carboxylic acids is 2. The fourth-order valence-corrected chi connectivity index (χ4v) is 4.91. The summed E-state index contributed by atoms with van der Waals surface area (Å²) in [5, 5.41) is 2.68. The van der Waals surface area contributed by atoms with Crippen LogP contribution in [0.15, 0.2) is 41.3 Å². The molecule has 2 rings (SSSR count). The van der Waals surface area contributed by atoms with Crippen LogP contribution in [0.1, 0.15) is 41.1 Å². The maximum Gasteiger partial charge on any atom is 0.307 e. The first-order valence-electron chi connectivity index (χ1n) is 9.72. The minimum atomic E-state index is -3.79. The van der Waals surface area contributed by atoms with Crippen LogP contribution in [0, 0.1) is 26.6 Å². The molecule has 0 bridgehead atoms. The lowest BCUT2D eigenvalue weighted by molar-refractivity contribution is -0.141. The summed E-state index contributed by atoms with van der Waals surface area (Å²) in [5.41, 5.74) is 2.75. The zero-order valence-corrected chi connectivity index (χ0v) is 18.8. The van der Waals surface area contributed by atoms with Crippen LogP contribution in [0.25, 0.3) is 0 Å². The molecule has 0 heterocycles. The first-order chi connectivity index (χ1) is 14.5. The summed E-state index contributed by atoms with van der Waals surface area (Å²) in [6.07, 6.45) is -0.274. The molecule has 1 unspecified atom stereocenters. The van der Waals surface area contributed by atoms with Crippen LogP contribution in [0.3, 0.4) is 0 Å². The molecular formula is C22H27FN2O5S. The number of sulfonamides is 1. The van der Waals surface area contributed by atoms with Crippen LogP contribution in [-0.2, 0) is 24.3 Å². The molecule has 0 aliphatic rings. The molecule has 2 aromatic carbocycles. The Bertz CT molecular complexity index is 1030. The largest absolute Gasteiger partial charge is 0.469 e. The zero-order chi connectivity index (χ0) is 23.2. The van der Waals surface area contributed by atoms with Crippen molar-refractivity contribution >= 4 is 21.9 Å². The highest BCUT2D eigenvalue weighted by molar-refractivity contribution is 7.89. The van der Waals surface area contributed by atoms with E-state index in [1.54, 1.807) is 26.0 Å². The predicted molar refractivity (Wildman–Crippen MR) is 114 cm³/mol. The third-order valence-corrected chi connectivity index (χ3v) is 6.49. The lowest BCUT2D eigenvalue weighted by Gasteiger charge is -2.18. The van der Waals surface area contributed by atoms with Gasteiger partial charge in [-0.25, -0.2) is 17.5 Å². The summed E-state index contributed by atoms with van der Waals surface area (Å²) < 4.78 is 45.7. The number of benzene rings is 2. The second-order valence-electron chi connectivity index (χ2n) is 7.33. The number of nitrogens with one attached hydrogen (secondary N) is 2. The third kappa shape index (κ3) is 6.86. The Morgan fingerprint density at radius 1 is 1.06 bits per heavy atom. The number of esters is 1. The van der Waals surface area contributed by atoms with Crippen molar-refractivity contribution in [3.8, 4) is 0 Å². The Labute approximate surface area is 182 Å². The fraction of sp³-hybridized carbons (Fsp3) is 0.364. The molecule has 2 N–H and O–H groups in total. The van der Waals surface area contributed by atoms with Gasteiger partial charge in [-0.1, -0.05) is 29.8 Å². The smallest absolute Gasteiger partial charge is 0.307 e. The lowest BCUT2D eigenvalue weighted by atomic mass is 10.0. The Kier molecular flexibility index (Phi) is 8.29. The van der Waals surface area contributed by atoms with E-state index in [9.17, 15) is 22.4 Å². The maximum absolute atomic E-state index is 13.2. The molecule has 0 saturated carbocycles. The number of hydrogen-bond acceptors (Lipinski definition) is 5. The van der Waals surface area contributed by atoms with Gasteiger partial charge >= 0.3 is 5.97 Å². The van der Waals surface area contributed by atoms with E-state index in [2.05, 4.69) is 14.8 Å². The zero-order valence-electron chi connectivity index (χ0n) is 18.0. The minimum Gasteiger partial charge on any atom is -0.469 e. The minimum absolute atomic E-state index is 0.116. The molecule has 0 aliphatic carbocycles. The molecular weight excluding hydrogens is 423 g/mol. The summed E-state index contributed by atoms with van der Waals surface area (Å²) in [5.74, 6) is -1.44. The molecule has 7 nitrogen and oxygen atoms in total. The van der Waals surface area contributed by atoms with Crippen molar-refractivity contribution in [2.45, 2.75) is 44.6 Å². The van der Waals surface area contributed by atoms with E-state index in [0.717, 1.165) is 5.56 Å². The standard InChI is InChI=1S/C22H27FN2O5S/c1-14-11-15(2)22(16(3)12-14)31(28,29)24-10-9-20(26)25-19(13-21(27)30-4)17-5-7-18(23)8-6-17/h5-8,11-12,19,24H,9-10,13H2,1-4H3,(H,25,26). The fourth-order valence-electron chi connectivity index (χ4n) is 3.43. The highest BCUT2D eigenvalue weighted by atomic mass is 32.2. The number of aryl methyl sites for hydroxylation is 3. The molecule has 2 aromatic rings. The highest BCUT2D eigenvalue weighted by Gasteiger charge is 2.22. The van der Waals surface area contributed by atoms with Gasteiger partial charge in [0.2, 0.25) is 15.9 Å². The monoisotopic (exact) mass is 450 g/mol. The summed E-state index contributed by atoms with van der Waals surface area (Å²) in [6.45, 7) is 5.22. The third-order valence-electron chi connectivity index (χ3n) is 4.72. The van der Waals surface area contributed by atoms with Gasteiger partial charge in [0.1, 0.15) is 5.82 Å². The van der Waals surface area contributed by atoms with Crippen LogP contribution in [0.5, 0.6) is 0 Å². The topological polar surface area (TPSA) is 102 Å². The number of rotatable bonds is 9. The molecule has 0 fully saturated rings. The number of ether oxygens (including phenoxy) is 1. The number of methoxy groups -OCH3 is 1. The number of amides is 1. The molecule has 1 atom stereocenters. The van der Waals surface area contributed by atoms with E-state index < -0.39 is 33.8 Å². The summed E-state index contributed by atoms with van der Waals surface area (Å²) in [7, 11) is -2.56. The van der Waals surface area contributed by atoms with Crippen LogP contribution >= 0.6 is 0 Å². The van der Waals surface area contributed by atoms with Crippen molar-refractivity contribution in [1.29, 1.82) is 0 Å². The van der Waals surface area contributed by atoms with Gasteiger partial charge in [0.25, 0.3) is 0 Å². The summed E-state index contributed by atoms with van der Waals surface area (Å²) in [4.78, 5) is 24.3. The molecule has 0 saturated heterocycles. The molecule has 0 aliphatic heterocycles. The normalized spacial score (nSPS) is 12.3. The Balaban J connectivity index is 2.03. The number of hydrogen-bond donors (Lipinski definition) is 2. The SMILES string of the molecule is COC(=O)CC(NC(=O)CCNS(=O)(=O)c1c(C)cc(C)cc1C)c1ccc(F)cc1. The van der Waals surface area contributed by atoms with E-state index in [1.165, 1.54) is 31.4 Å². The molecule has 9 heteroatoms. The highest BCUT2D eigenvalue weighted by Crippen LogP contribution is 2.22. The molecule has 0 spiro atoms. The van der Waals surface area contributed by atoms with Gasteiger partial charge in [-0.05, 0) is 49.6 Å². The second kappa shape index (κ2) is 10.5. The molecule has 0 aromatic heterocycles. The van der Waals surface area contributed by atoms with E-state index in [0.29, 0.717) is 16.7 Å². The van der Waals surface area contributed by atoms with E-state index >= 15 is 0 Å². The maximum atomic E-state index is 13.2. The van der Waals surface area contributed by atoms with Gasteiger partial charge in [-0.15, -0.1) is 0 Å². The van der Waals surface area contributed by atoms with Gasteiger partial charge in [0, 0.05) is 13.0 Å². The van der Waals surface area contributed by atoms with Crippen LogP contribution in [-0.4, -0.2) is 33.9 Å². The molecule has 168 valence electrons. The van der Waals surface area contributed by atoms with Gasteiger partial charge < -0.3 is 10.1 Å². The predicted octanol–water partition coefficient (Wildman–Crippen LogP) is 2.84. The van der Waals surface area contributed by atoms with Gasteiger partial charge in [-0.3, -0.25) is 9.59 Å². The molecule has 1 amide bonds.